The molecule has 22 heavy (non-hydrogen) atoms. The highest BCUT2D eigenvalue weighted by Gasteiger charge is 2.21. The van der Waals surface area contributed by atoms with Crippen LogP contribution < -0.4 is 10.2 Å². The van der Waals surface area contributed by atoms with Crippen molar-refractivity contribution in [2.45, 2.75) is 25.7 Å². The molecule has 2 aliphatic rings. The van der Waals surface area contributed by atoms with Gasteiger partial charge < -0.3 is 10.2 Å². The summed E-state index contributed by atoms with van der Waals surface area (Å²) in [4.78, 5) is 20.7. The van der Waals surface area contributed by atoms with Gasteiger partial charge in [0.25, 0.3) is 0 Å². The van der Waals surface area contributed by atoms with Gasteiger partial charge in [0, 0.05) is 37.7 Å². The molecule has 0 aliphatic carbocycles. The van der Waals surface area contributed by atoms with E-state index in [2.05, 4.69) is 32.2 Å². The van der Waals surface area contributed by atoms with Crippen molar-refractivity contribution >= 4 is 11.6 Å². The van der Waals surface area contributed by atoms with Gasteiger partial charge >= 0.3 is 0 Å². The summed E-state index contributed by atoms with van der Waals surface area (Å²) in [6, 6.07) is 4.14. The molecule has 0 bridgehead atoms. The van der Waals surface area contributed by atoms with Crippen LogP contribution in [-0.4, -0.2) is 55.1 Å². The highest BCUT2D eigenvalue weighted by atomic mass is 16.2. The van der Waals surface area contributed by atoms with Crippen LogP contribution in [0.3, 0.4) is 0 Å². The van der Waals surface area contributed by atoms with Crippen molar-refractivity contribution in [1.82, 2.24) is 15.2 Å². The Morgan fingerprint density at radius 2 is 1.82 bits per heavy atom. The topological polar surface area (TPSA) is 48.5 Å². The van der Waals surface area contributed by atoms with Crippen molar-refractivity contribution in [3.05, 3.63) is 24.5 Å². The van der Waals surface area contributed by atoms with Crippen LogP contribution >= 0.6 is 0 Å². The van der Waals surface area contributed by atoms with Gasteiger partial charge in [-0.05, 0) is 56.8 Å². The molecule has 2 fully saturated rings. The molecule has 0 radical (unpaired) electrons. The van der Waals surface area contributed by atoms with Crippen LogP contribution in [0.25, 0.3) is 0 Å². The number of carbonyl (C=O) groups is 1. The third-order valence-electron chi connectivity index (χ3n) is 4.80. The average Bonchev–Trinajstić information content (AvgIpc) is 3.07. The maximum atomic E-state index is 12.0. The Hall–Kier alpha value is -1.62. The Morgan fingerprint density at radius 1 is 1.14 bits per heavy atom. The molecule has 1 amide bonds. The number of nitrogens with zero attached hydrogens (tertiary/aromatic N) is 3. The number of nitrogens with one attached hydrogen (secondary N) is 1. The summed E-state index contributed by atoms with van der Waals surface area (Å²) in [7, 11) is 0. The van der Waals surface area contributed by atoms with Crippen molar-refractivity contribution in [3.8, 4) is 0 Å². The van der Waals surface area contributed by atoms with E-state index >= 15 is 0 Å². The molecule has 3 heterocycles. The number of anilines is 1. The third-order valence-corrected chi connectivity index (χ3v) is 4.80. The lowest BCUT2D eigenvalue weighted by Gasteiger charge is -2.33. The second-order valence-electron chi connectivity index (χ2n) is 6.42. The van der Waals surface area contributed by atoms with E-state index in [0.29, 0.717) is 12.5 Å². The molecule has 3 rings (SSSR count). The second kappa shape index (κ2) is 7.58. The smallest absolute Gasteiger partial charge is 0.234 e. The number of pyridine rings is 1. The molecule has 2 aliphatic heterocycles. The molecular formula is C17H26N4O. The van der Waals surface area contributed by atoms with Gasteiger partial charge in [-0.3, -0.25) is 14.7 Å². The average molecular weight is 302 g/mol. The fraction of sp³-hybridized carbons (Fsp3) is 0.647. The van der Waals surface area contributed by atoms with E-state index in [1.165, 1.54) is 18.5 Å². The molecule has 0 saturated carbocycles. The molecule has 1 aromatic rings. The monoisotopic (exact) mass is 302 g/mol. The van der Waals surface area contributed by atoms with Crippen LogP contribution in [0, 0.1) is 5.92 Å². The molecule has 2 saturated heterocycles. The number of piperidine rings is 1. The van der Waals surface area contributed by atoms with Crippen LogP contribution in [0.15, 0.2) is 24.5 Å². The largest absolute Gasteiger partial charge is 0.371 e. The van der Waals surface area contributed by atoms with E-state index in [4.69, 9.17) is 0 Å². The molecule has 0 spiro atoms. The van der Waals surface area contributed by atoms with Crippen molar-refractivity contribution < 1.29 is 4.79 Å². The highest BCUT2D eigenvalue weighted by Crippen LogP contribution is 2.22. The first-order valence-corrected chi connectivity index (χ1v) is 8.45. The standard InChI is InChI=1S/C17H26N4O/c22-17(14-20-9-1-2-10-20)19-13-15-5-11-21(12-6-15)16-3-7-18-8-4-16/h3-4,7-8,15H,1-2,5-6,9-14H2,(H,19,22). The number of carbonyl (C=O) groups excluding carboxylic acids is 1. The number of rotatable bonds is 5. The SMILES string of the molecule is O=C(CN1CCCC1)NCC1CCN(c2ccncc2)CC1. The minimum atomic E-state index is 0.193. The first-order valence-electron chi connectivity index (χ1n) is 8.45. The maximum absolute atomic E-state index is 12.0. The molecule has 5 nitrogen and oxygen atoms in total. The Bertz CT molecular complexity index is 465. The second-order valence-corrected chi connectivity index (χ2v) is 6.42. The van der Waals surface area contributed by atoms with Gasteiger partial charge in [-0.25, -0.2) is 0 Å². The fourth-order valence-corrected chi connectivity index (χ4v) is 3.41. The number of amides is 1. The Balaban J connectivity index is 1.36. The van der Waals surface area contributed by atoms with Gasteiger partial charge in [-0.2, -0.15) is 0 Å². The zero-order chi connectivity index (χ0) is 15.2. The summed E-state index contributed by atoms with van der Waals surface area (Å²) in [5.41, 5.74) is 1.26. The van der Waals surface area contributed by atoms with Crippen LogP contribution in [0.1, 0.15) is 25.7 Å². The van der Waals surface area contributed by atoms with E-state index in [-0.39, 0.29) is 5.91 Å². The summed E-state index contributed by atoms with van der Waals surface area (Å²) in [6.07, 6.45) is 8.46. The van der Waals surface area contributed by atoms with Gasteiger partial charge in [0.1, 0.15) is 0 Å². The minimum absolute atomic E-state index is 0.193. The lowest BCUT2D eigenvalue weighted by molar-refractivity contribution is -0.122. The zero-order valence-corrected chi connectivity index (χ0v) is 13.2. The van der Waals surface area contributed by atoms with E-state index in [1.807, 2.05) is 12.4 Å². The molecule has 1 N–H and O–H groups in total. The Kier molecular flexibility index (Phi) is 5.27. The number of likely N-dealkylation sites (tertiary alicyclic amines) is 1. The van der Waals surface area contributed by atoms with E-state index in [9.17, 15) is 4.79 Å². The van der Waals surface area contributed by atoms with Crippen molar-refractivity contribution in [1.29, 1.82) is 0 Å². The minimum Gasteiger partial charge on any atom is -0.371 e. The summed E-state index contributed by atoms with van der Waals surface area (Å²) in [5.74, 6) is 0.805. The van der Waals surface area contributed by atoms with Gasteiger partial charge in [-0.1, -0.05) is 0 Å². The van der Waals surface area contributed by atoms with Crippen molar-refractivity contribution in [2.75, 3.05) is 44.2 Å². The number of hydrogen-bond donors (Lipinski definition) is 1. The van der Waals surface area contributed by atoms with Crippen LogP contribution in [0.4, 0.5) is 5.69 Å². The Labute approximate surface area is 132 Å². The predicted molar refractivity (Wildman–Crippen MR) is 87.9 cm³/mol. The molecule has 120 valence electrons. The van der Waals surface area contributed by atoms with E-state index in [0.717, 1.165) is 45.6 Å². The zero-order valence-electron chi connectivity index (χ0n) is 13.2. The molecule has 5 heteroatoms. The first-order chi connectivity index (χ1) is 10.8. The maximum Gasteiger partial charge on any atom is 0.234 e. The van der Waals surface area contributed by atoms with Gasteiger partial charge in [0.2, 0.25) is 5.91 Å². The molecule has 0 aromatic carbocycles. The Morgan fingerprint density at radius 3 is 2.50 bits per heavy atom. The van der Waals surface area contributed by atoms with Crippen LogP contribution in [0.2, 0.25) is 0 Å². The summed E-state index contributed by atoms with van der Waals surface area (Å²) < 4.78 is 0. The highest BCUT2D eigenvalue weighted by molar-refractivity contribution is 5.78. The first kappa shape index (κ1) is 15.3. The van der Waals surface area contributed by atoms with Crippen molar-refractivity contribution in [2.24, 2.45) is 5.92 Å². The lowest BCUT2D eigenvalue weighted by Crippen LogP contribution is -2.41. The molecular weight excluding hydrogens is 276 g/mol. The molecule has 0 unspecified atom stereocenters. The van der Waals surface area contributed by atoms with Gasteiger partial charge in [0.15, 0.2) is 0 Å². The van der Waals surface area contributed by atoms with E-state index < -0.39 is 0 Å². The van der Waals surface area contributed by atoms with Crippen molar-refractivity contribution in [3.63, 3.8) is 0 Å². The summed E-state index contributed by atoms with van der Waals surface area (Å²) >= 11 is 0. The quantitative estimate of drug-likeness (QED) is 0.896. The predicted octanol–water partition coefficient (Wildman–Crippen LogP) is 1.51. The number of aromatic nitrogens is 1. The van der Waals surface area contributed by atoms with E-state index in [1.54, 1.807) is 0 Å². The number of hydrogen-bond acceptors (Lipinski definition) is 4. The normalized spacial score (nSPS) is 20.3. The molecule has 0 atom stereocenters. The van der Waals surface area contributed by atoms with Gasteiger partial charge in [0.05, 0.1) is 6.54 Å². The fourth-order valence-electron chi connectivity index (χ4n) is 3.41. The van der Waals surface area contributed by atoms with Crippen LogP contribution in [0.5, 0.6) is 0 Å². The molecule has 1 aromatic heterocycles. The summed E-state index contributed by atoms with van der Waals surface area (Å²) in [6.45, 7) is 5.70. The van der Waals surface area contributed by atoms with Crippen LogP contribution in [-0.2, 0) is 4.79 Å². The lowest BCUT2D eigenvalue weighted by atomic mass is 9.96. The third kappa shape index (κ3) is 4.19. The summed E-state index contributed by atoms with van der Waals surface area (Å²) in [5, 5.41) is 3.12. The van der Waals surface area contributed by atoms with Gasteiger partial charge in [-0.15, -0.1) is 0 Å².